The van der Waals surface area contributed by atoms with Crippen LogP contribution in [-0.2, 0) is 4.79 Å². The van der Waals surface area contributed by atoms with Crippen LogP contribution in [0.25, 0.3) is 6.08 Å². The fourth-order valence-electron chi connectivity index (χ4n) is 3.34. The quantitative estimate of drug-likeness (QED) is 0.317. The van der Waals surface area contributed by atoms with Gasteiger partial charge in [-0.3, -0.25) is 19.8 Å². The van der Waals surface area contributed by atoms with Gasteiger partial charge in [0.1, 0.15) is 0 Å². The molecule has 0 N–H and O–H groups in total. The van der Waals surface area contributed by atoms with E-state index in [4.69, 9.17) is 12.2 Å². The zero-order valence-electron chi connectivity index (χ0n) is 14.9. The third kappa shape index (κ3) is 3.65. The molecule has 2 aliphatic rings. The minimum Gasteiger partial charge on any atom is -0.372 e. The lowest BCUT2D eigenvalue weighted by Gasteiger charge is -2.17. The van der Waals surface area contributed by atoms with Gasteiger partial charge in [0.2, 0.25) is 0 Å². The normalized spacial score (nSPS) is 18.4. The summed E-state index contributed by atoms with van der Waals surface area (Å²) >= 11 is 6.55. The van der Waals surface area contributed by atoms with Crippen molar-refractivity contribution in [3.63, 3.8) is 0 Å². The number of nitro groups is 1. The van der Waals surface area contributed by atoms with Gasteiger partial charge >= 0.3 is 0 Å². The molecule has 0 aliphatic carbocycles. The summed E-state index contributed by atoms with van der Waals surface area (Å²) in [6.45, 7) is 2.17. The Labute approximate surface area is 172 Å². The Kier molecular flexibility index (Phi) is 5.15. The van der Waals surface area contributed by atoms with Gasteiger partial charge in [-0.15, -0.1) is 0 Å². The Hall–Kier alpha value is -2.71. The molecule has 142 valence electrons. The van der Waals surface area contributed by atoms with Crippen molar-refractivity contribution in [2.45, 2.75) is 12.8 Å². The Morgan fingerprint density at radius 3 is 2.46 bits per heavy atom. The number of hydrogen-bond acceptors (Lipinski definition) is 6. The van der Waals surface area contributed by atoms with Gasteiger partial charge in [0.05, 0.1) is 15.5 Å². The van der Waals surface area contributed by atoms with Crippen molar-refractivity contribution in [1.29, 1.82) is 0 Å². The molecule has 28 heavy (non-hydrogen) atoms. The number of hydrogen-bond donors (Lipinski definition) is 0. The lowest BCUT2D eigenvalue weighted by Crippen LogP contribution is -2.27. The molecule has 1 amide bonds. The van der Waals surface area contributed by atoms with E-state index in [1.54, 1.807) is 12.1 Å². The third-order valence-electron chi connectivity index (χ3n) is 4.75. The number of carbonyl (C=O) groups is 1. The van der Waals surface area contributed by atoms with E-state index >= 15 is 0 Å². The molecule has 0 spiro atoms. The molecule has 4 rings (SSSR count). The van der Waals surface area contributed by atoms with Crippen LogP contribution in [0.15, 0.2) is 53.4 Å². The SMILES string of the molecule is O=C1/C(=C/c2ccc(N3CCCC3)cc2)SC(=S)N1c1cccc([N+](=O)[O-])c1. The molecular formula is C20H17N3O3S2. The summed E-state index contributed by atoms with van der Waals surface area (Å²) in [5, 5.41) is 11.0. The maximum absolute atomic E-state index is 12.8. The molecule has 2 heterocycles. The minimum absolute atomic E-state index is 0.0759. The van der Waals surface area contributed by atoms with E-state index in [-0.39, 0.29) is 11.6 Å². The van der Waals surface area contributed by atoms with Gasteiger partial charge in [-0.2, -0.15) is 0 Å². The van der Waals surface area contributed by atoms with Gasteiger partial charge in [-0.1, -0.05) is 42.2 Å². The summed E-state index contributed by atoms with van der Waals surface area (Å²) in [7, 11) is 0. The maximum Gasteiger partial charge on any atom is 0.271 e. The number of nitrogens with zero attached hydrogens (tertiary/aromatic N) is 3. The first-order valence-electron chi connectivity index (χ1n) is 8.90. The molecule has 0 unspecified atom stereocenters. The summed E-state index contributed by atoms with van der Waals surface area (Å²) in [5.41, 5.74) is 2.44. The molecule has 0 saturated carbocycles. The molecule has 0 atom stereocenters. The Morgan fingerprint density at radius 2 is 1.79 bits per heavy atom. The van der Waals surface area contributed by atoms with Crippen LogP contribution in [0.3, 0.4) is 0 Å². The van der Waals surface area contributed by atoms with Crippen molar-refractivity contribution in [1.82, 2.24) is 0 Å². The lowest BCUT2D eigenvalue weighted by atomic mass is 10.1. The summed E-state index contributed by atoms with van der Waals surface area (Å²) in [4.78, 5) is 27.6. The first kappa shape index (κ1) is 18.6. The second-order valence-corrected chi connectivity index (χ2v) is 8.26. The smallest absolute Gasteiger partial charge is 0.271 e. The largest absolute Gasteiger partial charge is 0.372 e. The van der Waals surface area contributed by atoms with Crippen LogP contribution in [-0.4, -0.2) is 28.2 Å². The van der Waals surface area contributed by atoms with Crippen LogP contribution < -0.4 is 9.80 Å². The average Bonchev–Trinajstić information content (AvgIpc) is 3.31. The summed E-state index contributed by atoms with van der Waals surface area (Å²) in [6.07, 6.45) is 4.26. The van der Waals surface area contributed by atoms with Crippen LogP contribution in [0.4, 0.5) is 17.1 Å². The first-order chi connectivity index (χ1) is 13.5. The number of non-ortho nitro benzene ring substituents is 1. The molecule has 6 nitrogen and oxygen atoms in total. The van der Waals surface area contributed by atoms with Crippen LogP contribution in [0.5, 0.6) is 0 Å². The highest BCUT2D eigenvalue weighted by Crippen LogP contribution is 2.37. The summed E-state index contributed by atoms with van der Waals surface area (Å²) in [6, 6.07) is 14.1. The molecule has 0 radical (unpaired) electrons. The Balaban J connectivity index is 1.56. The highest BCUT2D eigenvalue weighted by atomic mass is 32.2. The first-order valence-corrected chi connectivity index (χ1v) is 10.1. The number of rotatable bonds is 4. The van der Waals surface area contributed by atoms with Crippen molar-refractivity contribution < 1.29 is 9.72 Å². The van der Waals surface area contributed by atoms with Gasteiger partial charge in [0.15, 0.2) is 4.32 Å². The van der Waals surface area contributed by atoms with Gasteiger partial charge in [-0.25, -0.2) is 0 Å². The minimum atomic E-state index is -0.487. The number of nitro benzene ring substituents is 1. The molecule has 2 saturated heterocycles. The summed E-state index contributed by atoms with van der Waals surface area (Å²) < 4.78 is 0.366. The lowest BCUT2D eigenvalue weighted by molar-refractivity contribution is -0.384. The van der Waals surface area contributed by atoms with E-state index in [0.717, 1.165) is 18.7 Å². The number of thiocarbonyl (C=S) groups is 1. The second kappa shape index (κ2) is 7.73. The molecule has 2 aromatic rings. The molecule has 8 heteroatoms. The predicted octanol–water partition coefficient (Wildman–Crippen LogP) is 4.60. The van der Waals surface area contributed by atoms with Crippen LogP contribution in [0.1, 0.15) is 18.4 Å². The van der Waals surface area contributed by atoms with Crippen molar-refractivity contribution in [3.8, 4) is 0 Å². The van der Waals surface area contributed by atoms with E-state index in [9.17, 15) is 14.9 Å². The molecule has 2 fully saturated rings. The van der Waals surface area contributed by atoms with Crippen molar-refractivity contribution in [3.05, 3.63) is 69.1 Å². The van der Waals surface area contributed by atoms with Crippen molar-refractivity contribution in [2.24, 2.45) is 0 Å². The van der Waals surface area contributed by atoms with E-state index in [2.05, 4.69) is 17.0 Å². The number of amides is 1. The fourth-order valence-corrected chi connectivity index (χ4v) is 4.64. The van der Waals surface area contributed by atoms with E-state index in [1.165, 1.54) is 47.3 Å². The van der Waals surface area contributed by atoms with Crippen molar-refractivity contribution >= 4 is 57.3 Å². The third-order valence-corrected chi connectivity index (χ3v) is 6.06. The molecule has 2 aromatic carbocycles. The monoisotopic (exact) mass is 411 g/mol. The molecular weight excluding hydrogens is 394 g/mol. The number of carbonyl (C=O) groups excluding carboxylic acids is 1. The molecule has 2 aliphatic heterocycles. The van der Waals surface area contributed by atoms with Crippen LogP contribution in [0.2, 0.25) is 0 Å². The van der Waals surface area contributed by atoms with Crippen molar-refractivity contribution in [2.75, 3.05) is 22.9 Å². The van der Waals surface area contributed by atoms with Gasteiger partial charge in [-0.05, 0) is 42.7 Å². The highest BCUT2D eigenvalue weighted by molar-refractivity contribution is 8.27. The van der Waals surface area contributed by atoms with Gasteiger partial charge < -0.3 is 4.90 Å². The van der Waals surface area contributed by atoms with Crippen LogP contribution >= 0.6 is 24.0 Å². The maximum atomic E-state index is 12.8. The predicted molar refractivity (Wildman–Crippen MR) is 117 cm³/mol. The molecule has 0 bridgehead atoms. The topological polar surface area (TPSA) is 66.7 Å². The van der Waals surface area contributed by atoms with Gasteiger partial charge in [0, 0.05) is 30.9 Å². The number of thioether (sulfide) groups is 1. The van der Waals surface area contributed by atoms with Crippen LogP contribution in [0, 0.1) is 10.1 Å². The summed E-state index contributed by atoms with van der Waals surface area (Å²) in [5.74, 6) is -0.265. The standard InChI is InChI=1S/C20H17N3O3S2/c24-19-18(12-14-6-8-15(9-7-14)21-10-1-2-11-21)28-20(27)22(19)16-4-3-5-17(13-16)23(25)26/h3-9,12-13H,1-2,10-11H2/b18-12-. The average molecular weight is 412 g/mol. The number of benzene rings is 2. The molecule has 0 aromatic heterocycles. The van der Waals surface area contributed by atoms with E-state index in [1.807, 2.05) is 18.2 Å². The zero-order chi connectivity index (χ0) is 19.7. The Morgan fingerprint density at radius 1 is 1.07 bits per heavy atom. The van der Waals surface area contributed by atoms with Gasteiger partial charge in [0.25, 0.3) is 11.6 Å². The number of anilines is 2. The van der Waals surface area contributed by atoms with E-state index < -0.39 is 4.92 Å². The zero-order valence-corrected chi connectivity index (χ0v) is 16.5. The van der Waals surface area contributed by atoms with E-state index in [0.29, 0.717) is 14.9 Å². The fraction of sp³-hybridized carbons (Fsp3) is 0.200. The second-order valence-electron chi connectivity index (χ2n) is 6.58. The highest BCUT2D eigenvalue weighted by Gasteiger charge is 2.33. The Bertz CT molecular complexity index is 982.